The molecule has 1 saturated carbocycles. The number of ether oxygens (including phenoxy) is 1. The van der Waals surface area contributed by atoms with Gasteiger partial charge in [0.25, 0.3) is 0 Å². The molecule has 0 heterocycles. The van der Waals surface area contributed by atoms with Gasteiger partial charge < -0.3 is 20.3 Å². The van der Waals surface area contributed by atoms with Crippen molar-refractivity contribution in [1.82, 2.24) is 15.5 Å². The zero-order valence-electron chi connectivity index (χ0n) is 13.4. The molecule has 0 spiro atoms. The SMILES string of the molecule is COCCNC(=NCC(=O)N(C)C)NC1CCCCC1.I. The first kappa shape index (κ1) is 20.4. The largest absolute Gasteiger partial charge is 0.383 e. The van der Waals surface area contributed by atoms with E-state index in [1.165, 1.54) is 32.1 Å². The molecule has 124 valence electrons. The van der Waals surface area contributed by atoms with Gasteiger partial charge in [-0.25, -0.2) is 4.99 Å². The average Bonchev–Trinajstić information content (AvgIpc) is 2.45. The number of hydrogen-bond donors (Lipinski definition) is 2. The van der Waals surface area contributed by atoms with Crippen LogP contribution in [-0.4, -0.2) is 63.7 Å². The maximum atomic E-state index is 11.6. The Kier molecular flexibility index (Phi) is 11.7. The highest BCUT2D eigenvalue weighted by atomic mass is 127. The van der Waals surface area contributed by atoms with Crippen LogP contribution >= 0.6 is 24.0 Å². The van der Waals surface area contributed by atoms with Crippen LogP contribution in [0.1, 0.15) is 32.1 Å². The van der Waals surface area contributed by atoms with Crippen molar-refractivity contribution in [1.29, 1.82) is 0 Å². The third-order valence-electron chi connectivity index (χ3n) is 3.42. The Labute approximate surface area is 145 Å². The lowest BCUT2D eigenvalue weighted by Crippen LogP contribution is -2.45. The smallest absolute Gasteiger partial charge is 0.243 e. The van der Waals surface area contributed by atoms with Crippen molar-refractivity contribution in [2.24, 2.45) is 4.99 Å². The molecular formula is C14H29IN4O2. The third kappa shape index (κ3) is 9.13. The predicted molar refractivity (Wildman–Crippen MR) is 96.3 cm³/mol. The van der Waals surface area contributed by atoms with Crippen molar-refractivity contribution in [3.8, 4) is 0 Å². The summed E-state index contributed by atoms with van der Waals surface area (Å²) in [6, 6.07) is 0.465. The van der Waals surface area contributed by atoms with E-state index in [9.17, 15) is 4.79 Å². The zero-order valence-corrected chi connectivity index (χ0v) is 15.7. The fraction of sp³-hybridized carbons (Fsp3) is 0.857. The molecule has 1 rings (SSSR count). The molecule has 0 unspecified atom stereocenters. The number of rotatable bonds is 6. The molecule has 6 nitrogen and oxygen atoms in total. The Bertz CT molecular complexity index is 318. The van der Waals surface area contributed by atoms with Gasteiger partial charge in [-0.1, -0.05) is 19.3 Å². The van der Waals surface area contributed by atoms with Crippen molar-refractivity contribution in [2.75, 3.05) is 40.9 Å². The van der Waals surface area contributed by atoms with E-state index in [4.69, 9.17) is 4.74 Å². The normalized spacial score (nSPS) is 16.0. The van der Waals surface area contributed by atoms with Crippen LogP contribution in [0.25, 0.3) is 0 Å². The summed E-state index contributed by atoms with van der Waals surface area (Å²) in [4.78, 5) is 17.5. The third-order valence-corrected chi connectivity index (χ3v) is 3.42. The molecule has 0 saturated heterocycles. The van der Waals surface area contributed by atoms with Crippen molar-refractivity contribution >= 4 is 35.8 Å². The van der Waals surface area contributed by atoms with E-state index < -0.39 is 0 Å². The van der Waals surface area contributed by atoms with Gasteiger partial charge in [-0.2, -0.15) is 0 Å². The Morgan fingerprint density at radius 1 is 1.29 bits per heavy atom. The van der Waals surface area contributed by atoms with Gasteiger partial charge in [0.05, 0.1) is 6.61 Å². The minimum atomic E-state index is 0. The highest BCUT2D eigenvalue weighted by Crippen LogP contribution is 2.17. The van der Waals surface area contributed by atoms with Crippen LogP contribution in [-0.2, 0) is 9.53 Å². The number of guanidine groups is 1. The molecule has 1 aliphatic rings. The molecule has 0 aliphatic heterocycles. The van der Waals surface area contributed by atoms with Gasteiger partial charge >= 0.3 is 0 Å². The predicted octanol–water partition coefficient (Wildman–Crippen LogP) is 1.21. The Morgan fingerprint density at radius 3 is 2.52 bits per heavy atom. The van der Waals surface area contributed by atoms with Gasteiger partial charge in [0.2, 0.25) is 5.91 Å². The van der Waals surface area contributed by atoms with Crippen molar-refractivity contribution in [3.63, 3.8) is 0 Å². The van der Waals surface area contributed by atoms with E-state index in [2.05, 4.69) is 15.6 Å². The van der Waals surface area contributed by atoms with Crippen LogP contribution in [0, 0.1) is 0 Å². The Hall–Kier alpha value is -0.570. The topological polar surface area (TPSA) is 66.0 Å². The lowest BCUT2D eigenvalue weighted by molar-refractivity contribution is -0.127. The van der Waals surface area contributed by atoms with Crippen LogP contribution < -0.4 is 10.6 Å². The number of halogens is 1. The second-order valence-corrected chi connectivity index (χ2v) is 5.35. The van der Waals surface area contributed by atoms with Gasteiger partial charge in [0, 0.05) is 33.8 Å². The summed E-state index contributed by atoms with van der Waals surface area (Å²) in [5.41, 5.74) is 0. The van der Waals surface area contributed by atoms with Gasteiger partial charge in [-0.3, -0.25) is 4.79 Å². The van der Waals surface area contributed by atoms with Gasteiger partial charge in [0.15, 0.2) is 5.96 Å². The first-order valence-electron chi connectivity index (χ1n) is 7.37. The lowest BCUT2D eigenvalue weighted by atomic mass is 9.96. The molecular weight excluding hydrogens is 383 g/mol. The van der Waals surface area contributed by atoms with Crippen LogP contribution in [0.3, 0.4) is 0 Å². The molecule has 2 N–H and O–H groups in total. The van der Waals surface area contributed by atoms with E-state index in [-0.39, 0.29) is 36.4 Å². The van der Waals surface area contributed by atoms with Gasteiger partial charge in [0.1, 0.15) is 6.54 Å². The highest BCUT2D eigenvalue weighted by molar-refractivity contribution is 14.0. The summed E-state index contributed by atoms with van der Waals surface area (Å²) in [7, 11) is 5.15. The molecule has 0 aromatic carbocycles. The van der Waals surface area contributed by atoms with Crippen molar-refractivity contribution in [2.45, 2.75) is 38.1 Å². The van der Waals surface area contributed by atoms with E-state index in [0.29, 0.717) is 25.2 Å². The van der Waals surface area contributed by atoms with E-state index in [0.717, 1.165) is 0 Å². The summed E-state index contributed by atoms with van der Waals surface area (Å²) in [6.07, 6.45) is 6.19. The number of aliphatic imine (C=N–C) groups is 1. The quantitative estimate of drug-likeness (QED) is 0.298. The molecule has 0 aromatic heterocycles. The molecule has 0 aromatic rings. The number of nitrogens with zero attached hydrogens (tertiary/aromatic N) is 2. The average molecular weight is 412 g/mol. The highest BCUT2D eigenvalue weighted by Gasteiger charge is 2.14. The number of likely N-dealkylation sites (N-methyl/N-ethyl adjacent to an activating group) is 1. The van der Waals surface area contributed by atoms with Crippen LogP contribution in [0.4, 0.5) is 0 Å². The summed E-state index contributed by atoms with van der Waals surface area (Å²) in [5, 5.41) is 6.63. The fourth-order valence-electron chi connectivity index (χ4n) is 2.15. The Balaban J connectivity index is 0.00000400. The second-order valence-electron chi connectivity index (χ2n) is 5.35. The van der Waals surface area contributed by atoms with E-state index in [1.807, 2.05) is 0 Å². The molecule has 1 amide bonds. The first-order valence-corrected chi connectivity index (χ1v) is 7.37. The van der Waals surface area contributed by atoms with Crippen LogP contribution in [0.15, 0.2) is 4.99 Å². The molecule has 21 heavy (non-hydrogen) atoms. The minimum absolute atomic E-state index is 0. The maximum absolute atomic E-state index is 11.6. The molecule has 0 bridgehead atoms. The molecule has 7 heteroatoms. The summed E-state index contributed by atoms with van der Waals surface area (Å²) in [5.74, 6) is 0.714. The Morgan fingerprint density at radius 2 is 1.95 bits per heavy atom. The first-order chi connectivity index (χ1) is 9.63. The maximum Gasteiger partial charge on any atom is 0.243 e. The van der Waals surface area contributed by atoms with Gasteiger partial charge in [-0.05, 0) is 12.8 Å². The number of methoxy groups -OCH3 is 1. The molecule has 0 atom stereocenters. The molecule has 1 fully saturated rings. The second kappa shape index (κ2) is 12.0. The van der Waals surface area contributed by atoms with Crippen molar-refractivity contribution in [3.05, 3.63) is 0 Å². The minimum Gasteiger partial charge on any atom is -0.383 e. The van der Waals surface area contributed by atoms with Gasteiger partial charge in [-0.15, -0.1) is 24.0 Å². The number of nitrogens with one attached hydrogen (secondary N) is 2. The number of carbonyl (C=O) groups is 1. The fourth-order valence-corrected chi connectivity index (χ4v) is 2.15. The van der Waals surface area contributed by atoms with Crippen molar-refractivity contribution < 1.29 is 9.53 Å². The van der Waals surface area contributed by atoms with Crippen LogP contribution in [0.2, 0.25) is 0 Å². The van der Waals surface area contributed by atoms with E-state index in [1.54, 1.807) is 26.1 Å². The monoisotopic (exact) mass is 412 g/mol. The standard InChI is InChI=1S/C14H28N4O2.HI/c1-18(2)13(19)11-16-14(15-9-10-20-3)17-12-7-5-4-6-8-12;/h12H,4-11H2,1-3H3,(H2,15,16,17);1H. The van der Waals surface area contributed by atoms with E-state index >= 15 is 0 Å². The summed E-state index contributed by atoms with van der Waals surface area (Å²) >= 11 is 0. The molecule has 1 aliphatic carbocycles. The number of carbonyl (C=O) groups excluding carboxylic acids is 1. The number of amides is 1. The molecule has 0 radical (unpaired) electrons. The van der Waals surface area contributed by atoms with Crippen LogP contribution in [0.5, 0.6) is 0 Å². The summed E-state index contributed by atoms with van der Waals surface area (Å²) < 4.78 is 5.03. The number of hydrogen-bond acceptors (Lipinski definition) is 3. The lowest BCUT2D eigenvalue weighted by Gasteiger charge is -2.25. The summed E-state index contributed by atoms with van der Waals surface area (Å²) in [6.45, 7) is 1.47. The zero-order chi connectivity index (χ0) is 14.8.